The van der Waals surface area contributed by atoms with Crippen LogP contribution in [0.2, 0.25) is 0 Å². The van der Waals surface area contributed by atoms with Crippen molar-refractivity contribution in [3.05, 3.63) is 0 Å². The Labute approximate surface area is 155 Å². The third-order valence-electron chi connectivity index (χ3n) is 5.48. The Kier molecular flexibility index (Phi) is 7.59. The first-order valence-electron chi connectivity index (χ1n) is 9.16. The van der Waals surface area contributed by atoms with Gasteiger partial charge in [0.15, 0.2) is 6.29 Å². The summed E-state index contributed by atoms with van der Waals surface area (Å²) >= 11 is 0. The van der Waals surface area contributed by atoms with E-state index in [2.05, 4.69) is 10.6 Å². The van der Waals surface area contributed by atoms with Crippen molar-refractivity contribution in [3.8, 4) is 0 Å². The van der Waals surface area contributed by atoms with E-state index in [4.69, 9.17) is 4.74 Å². The third kappa shape index (κ3) is 5.16. The van der Waals surface area contributed by atoms with Gasteiger partial charge in [0, 0.05) is 17.4 Å². The molecule has 1 aliphatic heterocycles. The molecule has 1 heterocycles. The molecule has 1 aliphatic rings. The second-order valence-corrected chi connectivity index (χ2v) is 8.23. The molecule has 2 amide bonds. The fourth-order valence-corrected chi connectivity index (χ4v) is 2.37. The smallest absolute Gasteiger partial charge is 0.226 e. The first-order chi connectivity index (χ1) is 11.9. The van der Waals surface area contributed by atoms with Crippen LogP contribution in [0, 0.1) is 10.8 Å². The van der Waals surface area contributed by atoms with Crippen molar-refractivity contribution < 1.29 is 29.6 Å². The van der Waals surface area contributed by atoms with Crippen molar-refractivity contribution >= 4 is 11.8 Å². The number of carbonyl (C=O) groups is 2. The van der Waals surface area contributed by atoms with Crippen molar-refractivity contribution in [2.75, 3.05) is 6.54 Å². The van der Waals surface area contributed by atoms with Crippen molar-refractivity contribution in [1.29, 1.82) is 0 Å². The lowest BCUT2D eigenvalue weighted by Gasteiger charge is -2.42. The second kappa shape index (κ2) is 8.65. The quantitative estimate of drug-likeness (QED) is 0.423. The molecule has 0 aromatic heterocycles. The Morgan fingerprint density at radius 1 is 0.923 bits per heavy atom. The van der Waals surface area contributed by atoms with Gasteiger partial charge in [0.05, 0.1) is 0 Å². The van der Waals surface area contributed by atoms with Crippen molar-refractivity contribution in [2.45, 2.75) is 85.0 Å². The van der Waals surface area contributed by atoms with Gasteiger partial charge in [-0.25, -0.2) is 0 Å². The number of aliphatic hydroxyl groups is 3. The van der Waals surface area contributed by atoms with Crippen LogP contribution in [-0.4, -0.2) is 64.3 Å². The number of carbonyl (C=O) groups excluding carboxylic acids is 2. The van der Waals surface area contributed by atoms with E-state index in [1.807, 2.05) is 13.8 Å². The Morgan fingerprint density at radius 3 is 1.92 bits per heavy atom. The number of aliphatic hydroxyl groups excluding tert-OH is 3. The number of hydrogen-bond donors (Lipinski definition) is 5. The fraction of sp³-hybridized carbons (Fsp3) is 0.889. The minimum atomic E-state index is -1.49. The highest BCUT2D eigenvalue weighted by atomic mass is 16.6. The molecule has 26 heavy (non-hydrogen) atoms. The molecule has 1 saturated heterocycles. The van der Waals surface area contributed by atoms with E-state index in [-0.39, 0.29) is 18.4 Å². The number of nitrogens with one attached hydrogen (secondary N) is 2. The molecule has 5 N–H and O–H groups in total. The molecule has 152 valence electrons. The summed E-state index contributed by atoms with van der Waals surface area (Å²) in [6.45, 7) is 10.8. The minimum absolute atomic E-state index is 0.0569. The van der Waals surface area contributed by atoms with Gasteiger partial charge in [-0.2, -0.15) is 0 Å². The highest BCUT2D eigenvalue weighted by Gasteiger charge is 2.45. The van der Waals surface area contributed by atoms with Gasteiger partial charge in [-0.1, -0.05) is 41.5 Å². The summed E-state index contributed by atoms with van der Waals surface area (Å²) in [5, 5.41) is 36.0. The lowest BCUT2D eigenvalue weighted by Crippen LogP contribution is -2.66. The van der Waals surface area contributed by atoms with Crippen molar-refractivity contribution in [3.63, 3.8) is 0 Å². The van der Waals surface area contributed by atoms with E-state index in [0.29, 0.717) is 12.8 Å². The summed E-state index contributed by atoms with van der Waals surface area (Å²) < 4.78 is 5.34. The molecule has 0 bridgehead atoms. The minimum Gasteiger partial charge on any atom is -0.388 e. The molecule has 8 heteroatoms. The number of rotatable bonds is 7. The normalized spacial score (nSPS) is 30.0. The third-order valence-corrected chi connectivity index (χ3v) is 5.48. The molecule has 0 radical (unpaired) electrons. The van der Waals surface area contributed by atoms with Crippen LogP contribution in [0.15, 0.2) is 0 Å². The van der Waals surface area contributed by atoms with Gasteiger partial charge in [0.1, 0.15) is 24.4 Å². The van der Waals surface area contributed by atoms with Crippen LogP contribution < -0.4 is 10.6 Å². The van der Waals surface area contributed by atoms with E-state index in [1.54, 1.807) is 27.7 Å². The lowest BCUT2D eigenvalue weighted by atomic mass is 9.87. The van der Waals surface area contributed by atoms with Crippen molar-refractivity contribution in [2.24, 2.45) is 10.8 Å². The fourth-order valence-electron chi connectivity index (χ4n) is 2.37. The monoisotopic (exact) mass is 374 g/mol. The van der Waals surface area contributed by atoms with E-state index >= 15 is 0 Å². The summed E-state index contributed by atoms with van der Waals surface area (Å²) in [4.78, 5) is 24.4. The summed E-state index contributed by atoms with van der Waals surface area (Å²) in [6.07, 6.45) is -4.05. The van der Waals surface area contributed by atoms with Gasteiger partial charge in [-0.3, -0.25) is 9.59 Å². The summed E-state index contributed by atoms with van der Waals surface area (Å²) in [6, 6.07) is -1.15. The van der Waals surface area contributed by atoms with Crippen LogP contribution in [0.3, 0.4) is 0 Å². The van der Waals surface area contributed by atoms with Crippen LogP contribution in [0.4, 0.5) is 0 Å². The SMILES string of the molecule is CCC(C)(C)C(=O)NCC1OC(O)C(NC(=O)C(C)(C)CC)C(O)C1O. The Morgan fingerprint density at radius 2 is 1.42 bits per heavy atom. The van der Waals surface area contributed by atoms with Crippen LogP contribution in [0.1, 0.15) is 54.4 Å². The van der Waals surface area contributed by atoms with E-state index in [0.717, 1.165) is 0 Å². The molecule has 0 saturated carbocycles. The predicted octanol–water partition coefficient (Wildman–Crippen LogP) is -0.101. The molecule has 0 aliphatic carbocycles. The van der Waals surface area contributed by atoms with Crippen LogP contribution >= 0.6 is 0 Å². The van der Waals surface area contributed by atoms with Gasteiger partial charge >= 0.3 is 0 Å². The topological polar surface area (TPSA) is 128 Å². The molecule has 0 spiro atoms. The van der Waals surface area contributed by atoms with Crippen LogP contribution in [0.5, 0.6) is 0 Å². The zero-order chi connectivity index (χ0) is 20.3. The maximum absolute atomic E-state index is 12.3. The second-order valence-electron chi connectivity index (χ2n) is 8.23. The standard InChI is InChI=1S/C18H34N2O6/c1-7-17(3,4)15(24)19-9-10-12(21)13(22)11(14(23)26-10)20-16(25)18(5,6)8-2/h10-14,21-23H,7-9H2,1-6H3,(H,19,24)(H,20,25). The number of ether oxygens (including phenoxy) is 1. The first-order valence-corrected chi connectivity index (χ1v) is 9.16. The maximum Gasteiger partial charge on any atom is 0.226 e. The van der Waals surface area contributed by atoms with Gasteiger partial charge in [0.25, 0.3) is 0 Å². The Balaban J connectivity index is 2.72. The maximum atomic E-state index is 12.3. The molecular weight excluding hydrogens is 340 g/mol. The zero-order valence-corrected chi connectivity index (χ0v) is 16.6. The van der Waals surface area contributed by atoms with Crippen LogP contribution in [-0.2, 0) is 14.3 Å². The van der Waals surface area contributed by atoms with Crippen LogP contribution in [0.25, 0.3) is 0 Å². The van der Waals surface area contributed by atoms with Gasteiger partial charge in [-0.15, -0.1) is 0 Å². The largest absolute Gasteiger partial charge is 0.388 e. The lowest BCUT2D eigenvalue weighted by molar-refractivity contribution is -0.246. The molecular formula is C18H34N2O6. The summed E-state index contributed by atoms with van der Waals surface area (Å²) in [7, 11) is 0. The predicted molar refractivity (Wildman–Crippen MR) is 96.0 cm³/mol. The van der Waals surface area contributed by atoms with Gasteiger partial charge in [-0.05, 0) is 12.8 Å². The zero-order valence-electron chi connectivity index (χ0n) is 16.6. The molecule has 0 aromatic carbocycles. The highest BCUT2D eigenvalue weighted by molar-refractivity contribution is 5.82. The highest BCUT2D eigenvalue weighted by Crippen LogP contribution is 2.24. The van der Waals surface area contributed by atoms with Gasteiger partial charge in [0.2, 0.25) is 11.8 Å². The molecule has 5 unspecified atom stereocenters. The average Bonchev–Trinajstić information content (AvgIpc) is 2.59. The molecule has 0 aromatic rings. The van der Waals surface area contributed by atoms with Crippen molar-refractivity contribution in [1.82, 2.24) is 10.6 Å². The Hall–Kier alpha value is -1.22. The molecule has 5 atom stereocenters. The first kappa shape index (κ1) is 22.8. The molecule has 8 nitrogen and oxygen atoms in total. The summed E-state index contributed by atoms with van der Waals surface area (Å²) in [5.41, 5.74) is -1.25. The molecule has 1 fully saturated rings. The van der Waals surface area contributed by atoms with E-state index in [1.165, 1.54) is 0 Å². The molecule has 1 rings (SSSR count). The number of amides is 2. The average molecular weight is 374 g/mol. The number of hydrogen-bond acceptors (Lipinski definition) is 6. The Bertz CT molecular complexity index is 506. The summed E-state index contributed by atoms with van der Waals surface area (Å²) in [5.74, 6) is -0.560. The van der Waals surface area contributed by atoms with Gasteiger partial charge < -0.3 is 30.7 Å². The van der Waals surface area contributed by atoms with E-state index in [9.17, 15) is 24.9 Å². The van der Waals surface area contributed by atoms with E-state index < -0.39 is 41.5 Å².